The third kappa shape index (κ3) is 3.49. The third-order valence-electron chi connectivity index (χ3n) is 8.16. The van der Waals surface area contributed by atoms with E-state index in [1.165, 1.54) is 38.5 Å². The van der Waals surface area contributed by atoms with E-state index in [1.807, 2.05) is 17.7 Å². The summed E-state index contributed by atoms with van der Waals surface area (Å²) >= 11 is 0. The summed E-state index contributed by atoms with van der Waals surface area (Å²) in [6.07, 6.45) is 9.57. The van der Waals surface area contributed by atoms with Gasteiger partial charge in [0.05, 0.1) is 5.69 Å². The molecule has 6 rings (SSSR count). The van der Waals surface area contributed by atoms with E-state index in [-0.39, 0.29) is 30.7 Å². The van der Waals surface area contributed by atoms with Gasteiger partial charge in [0.25, 0.3) is 0 Å². The zero-order valence-electron chi connectivity index (χ0n) is 17.8. The van der Waals surface area contributed by atoms with Crippen LogP contribution in [0.15, 0.2) is 6.07 Å². The maximum atomic E-state index is 12.8. The molecule has 1 aromatic rings. The molecule has 2 amide bonds. The van der Waals surface area contributed by atoms with Crippen molar-refractivity contribution in [3.05, 3.63) is 11.8 Å². The first-order chi connectivity index (χ1) is 13.9. The number of carbonyl (C=O) groups is 2. The van der Waals surface area contributed by atoms with Gasteiger partial charge in [0.2, 0.25) is 11.8 Å². The van der Waals surface area contributed by atoms with Crippen molar-refractivity contribution >= 4 is 17.6 Å². The SMILES string of the molecule is Cc1cc2n(n1)CCCN2C(=O)CCC(=O)N[C@H](C)C12CC3CC(CC(C3)C1)C2. The molecule has 2 heterocycles. The summed E-state index contributed by atoms with van der Waals surface area (Å²) in [6, 6.07) is 2.18. The van der Waals surface area contributed by atoms with Gasteiger partial charge in [-0.3, -0.25) is 14.5 Å². The van der Waals surface area contributed by atoms with Gasteiger partial charge in [-0.05, 0) is 82.0 Å². The highest BCUT2D eigenvalue weighted by molar-refractivity contribution is 5.95. The first-order valence-corrected chi connectivity index (χ1v) is 11.6. The zero-order chi connectivity index (χ0) is 20.2. The van der Waals surface area contributed by atoms with E-state index in [1.54, 1.807) is 4.90 Å². The molecule has 4 saturated carbocycles. The Bertz CT molecular complexity index is 779. The van der Waals surface area contributed by atoms with E-state index in [2.05, 4.69) is 17.3 Å². The average Bonchev–Trinajstić information content (AvgIpc) is 3.05. The van der Waals surface area contributed by atoms with Crippen LogP contribution >= 0.6 is 0 Å². The second kappa shape index (κ2) is 7.13. The number of nitrogens with zero attached hydrogens (tertiary/aromatic N) is 3. The molecule has 6 nitrogen and oxygen atoms in total. The van der Waals surface area contributed by atoms with Crippen molar-refractivity contribution in [3.63, 3.8) is 0 Å². The number of aromatic nitrogens is 2. The van der Waals surface area contributed by atoms with Gasteiger partial charge in [0, 0.05) is 38.0 Å². The molecule has 6 heteroatoms. The molecule has 0 radical (unpaired) electrons. The third-order valence-corrected chi connectivity index (χ3v) is 8.16. The largest absolute Gasteiger partial charge is 0.353 e. The molecular weight excluding hydrogens is 364 g/mol. The van der Waals surface area contributed by atoms with Crippen LogP contribution in [0.3, 0.4) is 0 Å². The van der Waals surface area contributed by atoms with Crippen LogP contribution in [0, 0.1) is 30.1 Å². The predicted octanol–water partition coefficient (Wildman–Crippen LogP) is 3.43. The van der Waals surface area contributed by atoms with Gasteiger partial charge in [-0.2, -0.15) is 5.10 Å². The number of nitrogens with one attached hydrogen (secondary N) is 1. The van der Waals surface area contributed by atoms with Gasteiger partial charge in [-0.1, -0.05) is 0 Å². The lowest BCUT2D eigenvalue weighted by Gasteiger charge is -2.59. The number of hydrogen-bond donors (Lipinski definition) is 1. The second-order valence-electron chi connectivity index (χ2n) is 10.3. The van der Waals surface area contributed by atoms with Crippen molar-refractivity contribution in [2.75, 3.05) is 11.4 Å². The fourth-order valence-electron chi connectivity index (χ4n) is 7.19. The van der Waals surface area contributed by atoms with Crippen molar-refractivity contribution < 1.29 is 9.59 Å². The molecule has 1 N–H and O–H groups in total. The fraction of sp³-hybridized carbons (Fsp3) is 0.783. The van der Waals surface area contributed by atoms with Crippen LogP contribution in [0.4, 0.5) is 5.82 Å². The van der Waals surface area contributed by atoms with E-state index < -0.39 is 0 Å². The van der Waals surface area contributed by atoms with Crippen molar-refractivity contribution in [3.8, 4) is 0 Å². The quantitative estimate of drug-likeness (QED) is 0.826. The van der Waals surface area contributed by atoms with Gasteiger partial charge < -0.3 is 5.32 Å². The van der Waals surface area contributed by atoms with Crippen LogP contribution in [0.2, 0.25) is 0 Å². The number of hydrogen-bond acceptors (Lipinski definition) is 3. The predicted molar refractivity (Wildman–Crippen MR) is 111 cm³/mol. The molecule has 1 aliphatic heterocycles. The van der Waals surface area contributed by atoms with Crippen LogP contribution in [0.1, 0.15) is 70.4 Å². The van der Waals surface area contributed by atoms with Crippen molar-refractivity contribution in [1.82, 2.24) is 15.1 Å². The monoisotopic (exact) mass is 398 g/mol. The topological polar surface area (TPSA) is 67.2 Å². The smallest absolute Gasteiger partial charge is 0.228 e. The number of rotatable bonds is 5. The van der Waals surface area contributed by atoms with E-state index in [9.17, 15) is 9.59 Å². The Morgan fingerprint density at radius 1 is 1.14 bits per heavy atom. The normalized spacial score (nSPS) is 33.4. The highest BCUT2D eigenvalue weighted by Crippen LogP contribution is 2.61. The molecule has 5 aliphatic rings. The molecule has 158 valence electrons. The number of amides is 2. The number of carbonyl (C=O) groups excluding carboxylic acids is 2. The van der Waals surface area contributed by atoms with Crippen molar-refractivity contribution in [2.24, 2.45) is 23.2 Å². The first-order valence-electron chi connectivity index (χ1n) is 11.6. The highest BCUT2D eigenvalue weighted by atomic mass is 16.2. The Balaban J connectivity index is 1.16. The van der Waals surface area contributed by atoms with Gasteiger partial charge in [0.1, 0.15) is 5.82 Å². The number of anilines is 1. The Morgan fingerprint density at radius 3 is 2.45 bits per heavy atom. The van der Waals surface area contributed by atoms with Crippen LogP contribution < -0.4 is 10.2 Å². The maximum absolute atomic E-state index is 12.8. The zero-order valence-corrected chi connectivity index (χ0v) is 17.8. The molecule has 4 aliphatic carbocycles. The van der Waals surface area contributed by atoms with Crippen molar-refractivity contribution in [1.29, 1.82) is 0 Å². The van der Waals surface area contributed by atoms with Gasteiger partial charge in [-0.15, -0.1) is 0 Å². The summed E-state index contributed by atoms with van der Waals surface area (Å²) in [4.78, 5) is 27.3. The number of fused-ring (bicyclic) bond motifs is 1. The van der Waals surface area contributed by atoms with Gasteiger partial charge in [0.15, 0.2) is 0 Å². The van der Waals surface area contributed by atoms with Crippen molar-refractivity contribution in [2.45, 2.75) is 84.2 Å². The van der Waals surface area contributed by atoms with Gasteiger partial charge in [-0.25, -0.2) is 4.68 Å². The summed E-state index contributed by atoms with van der Waals surface area (Å²) in [7, 11) is 0. The lowest BCUT2D eigenvalue weighted by Crippen LogP contribution is -2.55. The Labute approximate surface area is 173 Å². The van der Waals surface area contributed by atoms with Crippen LogP contribution in [0.25, 0.3) is 0 Å². The minimum absolute atomic E-state index is 0.0308. The fourth-order valence-corrected chi connectivity index (χ4v) is 7.19. The summed E-state index contributed by atoms with van der Waals surface area (Å²) < 4.78 is 1.91. The molecule has 29 heavy (non-hydrogen) atoms. The minimum atomic E-state index is 0.0308. The molecular formula is C23H34N4O2. The van der Waals surface area contributed by atoms with E-state index in [0.29, 0.717) is 5.41 Å². The molecule has 1 atom stereocenters. The average molecular weight is 399 g/mol. The molecule has 4 bridgehead atoms. The van der Waals surface area contributed by atoms with Gasteiger partial charge >= 0.3 is 0 Å². The summed E-state index contributed by atoms with van der Waals surface area (Å²) in [5.74, 6) is 3.59. The Kier molecular flexibility index (Phi) is 4.71. The molecule has 0 aromatic carbocycles. The molecule has 4 fully saturated rings. The van der Waals surface area contributed by atoms with E-state index in [4.69, 9.17) is 0 Å². The summed E-state index contributed by atoms with van der Waals surface area (Å²) in [5, 5.41) is 7.74. The Morgan fingerprint density at radius 2 is 1.79 bits per heavy atom. The summed E-state index contributed by atoms with van der Waals surface area (Å²) in [6.45, 7) is 5.73. The Hall–Kier alpha value is -1.85. The second-order valence-corrected chi connectivity index (χ2v) is 10.3. The molecule has 1 aromatic heterocycles. The van der Waals surface area contributed by atoms with Crippen LogP contribution in [-0.2, 0) is 16.1 Å². The first kappa shape index (κ1) is 19.1. The van der Waals surface area contributed by atoms with Crippen LogP contribution in [0.5, 0.6) is 0 Å². The lowest BCUT2D eigenvalue weighted by molar-refractivity contribution is -0.128. The lowest BCUT2D eigenvalue weighted by atomic mass is 9.48. The standard InChI is InChI=1S/C23H34N4O2/c1-15-8-21-26(6-3-7-27(21)25-15)22(29)5-4-20(28)24-16(2)23-12-17-9-18(13-23)11-19(10-17)14-23/h8,16-19H,3-7,9-14H2,1-2H3,(H,24,28)/t16-,17?,18?,19?,23?/m1/s1. The van der Waals surface area contributed by atoms with E-state index in [0.717, 1.165) is 48.8 Å². The summed E-state index contributed by atoms with van der Waals surface area (Å²) in [5.41, 5.74) is 1.24. The highest BCUT2D eigenvalue weighted by Gasteiger charge is 2.53. The minimum Gasteiger partial charge on any atom is -0.353 e. The molecule has 0 unspecified atom stereocenters. The van der Waals surface area contributed by atoms with Crippen LogP contribution in [-0.4, -0.2) is 34.2 Å². The molecule has 0 spiro atoms. The van der Waals surface area contributed by atoms with E-state index >= 15 is 0 Å². The molecule has 0 saturated heterocycles. The maximum Gasteiger partial charge on any atom is 0.228 e. The number of aryl methyl sites for hydroxylation is 2.